The van der Waals surface area contributed by atoms with Crippen LogP contribution in [0, 0.1) is 5.92 Å². The van der Waals surface area contributed by atoms with Crippen LogP contribution in [0.1, 0.15) is 6.92 Å². The van der Waals surface area contributed by atoms with Gasteiger partial charge in [-0.2, -0.15) is 0 Å². The zero-order valence-electron chi connectivity index (χ0n) is 16.4. The van der Waals surface area contributed by atoms with Crippen molar-refractivity contribution in [2.24, 2.45) is 5.92 Å². The average Bonchev–Trinajstić information content (AvgIpc) is 3.35. The van der Waals surface area contributed by atoms with Gasteiger partial charge >= 0.3 is 0 Å². The minimum Gasteiger partial charge on any atom is -0.481 e. The van der Waals surface area contributed by atoms with Gasteiger partial charge in [0.1, 0.15) is 0 Å². The highest BCUT2D eigenvalue weighted by molar-refractivity contribution is 6.26. The van der Waals surface area contributed by atoms with E-state index < -0.39 is 11.6 Å². The van der Waals surface area contributed by atoms with Crippen molar-refractivity contribution in [3.63, 3.8) is 0 Å². The fourth-order valence-corrected chi connectivity index (χ4v) is 5.01. The van der Waals surface area contributed by atoms with Gasteiger partial charge in [0.15, 0.2) is 5.72 Å². The molecule has 2 saturated heterocycles. The van der Waals surface area contributed by atoms with Crippen LogP contribution >= 0.6 is 0 Å². The SMILES string of the molecule is COc1ccc(NC2=C(C)C(=O)C3=C(C2=O)C(CO)C2(OC)C4NC4CN32)cn1. The largest absolute Gasteiger partial charge is 0.481 e. The first-order valence-corrected chi connectivity index (χ1v) is 9.49. The number of hydrogen-bond acceptors (Lipinski definition) is 9. The Hall–Kier alpha value is -2.75. The van der Waals surface area contributed by atoms with Crippen molar-refractivity contribution in [3.8, 4) is 5.88 Å². The number of anilines is 1. The van der Waals surface area contributed by atoms with Crippen LogP contribution in [0.25, 0.3) is 0 Å². The van der Waals surface area contributed by atoms with Gasteiger partial charge < -0.3 is 30.1 Å². The van der Waals surface area contributed by atoms with Crippen molar-refractivity contribution >= 4 is 17.3 Å². The molecule has 0 saturated carbocycles. The monoisotopic (exact) mass is 398 g/mol. The number of carbonyl (C=O) groups excluding carboxylic acids is 2. The minimum absolute atomic E-state index is 0.0154. The molecule has 3 aliphatic heterocycles. The smallest absolute Gasteiger partial charge is 0.213 e. The molecule has 0 amide bonds. The zero-order chi connectivity index (χ0) is 20.5. The molecule has 0 radical (unpaired) electrons. The zero-order valence-corrected chi connectivity index (χ0v) is 16.4. The van der Waals surface area contributed by atoms with E-state index in [4.69, 9.17) is 9.47 Å². The first-order chi connectivity index (χ1) is 14.0. The lowest BCUT2D eigenvalue weighted by atomic mass is 9.82. The molecule has 1 aliphatic carbocycles. The van der Waals surface area contributed by atoms with Crippen LogP contribution in [0.3, 0.4) is 0 Å². The number of fused-ring (bicyclic) bond motifs is 4. The molecule has 4 aliphatic rings. The second kappa shape index (κ2) is 6.12. The van der Waals surface area contributed by atoms with E-state index in [1.807, 2.05) is 4.90 Å². The lowest BCUT2D eigenvalue weighted by molar-refractivity contribution is -0.137. The van der Waals surface area contributed by atoms with E-state index in [0.717, 1.165) is 0 Å². The molecule has 0 spiro atoms. The van der Waals surface area contributed by atoms with Gasteiger partial charge in [-0.1, -0.05) is 0 Å². The number of hydrogen-bond donors (Lipinski definition) is 3. The number of methoxy groups -OCH3 is 2. The van der Waals surface area contributed by atoms with Crippen molar-refractivity contribution in [1.29, 1.82) is 0 Å². The van der Waals surface area contributed by atoms with Gasteiger partial charge in [0.05, 0.1) is 49.0 Å². The number of carbonyl (C=O) groups is 2. The number of Topliss-reactive ketones (excluding diaryl/α,β-unsaturated/α-hetero) is 2. The van der Waals surface area contributed by atoms with E-state index in [2.05, 4.69) is 15.6 Å². The third kappa shape index (κ3) is 2.23. The van der Waals surface area contributed by atoms with Gasteiger partial charge in [-0.25, -0.2) is 4.98 Å². The van der Waals surface area contributed by atoms with Crippen LogP contribution in [0.2, 0.25) is 0 Å². The van der Waals surface area contributed by atoms with Gasteiger partial charge in [0, 0.05) is 36.9 Å². The highest BCUT2D eigenvalue weighted by Crippen LogP contribution is 2.55. The normalized spacial score (nSPS) is 32.4. The van der Waals surface area contributed by atoms with E-state index in [1.165, 1.54) is 13.3 Å². The summed E-state index contributed by atoms with van der Waals surface area (Å²) in [7, 11) is 3.08. The molecule has 9 heteroatoms. The molecule has 152 valence electrons. The van der Waals surface area contributed by atoms with Gasteiger partial charge in [0.2, 0.25) is 17.4 Å². The summed E-state index contributed by atoms with van der Waals surface area (Å²) in [6, 6.07) is 3.58. The summed E-state index contributed by atoms with van der Waals surface area (Å²) in [6.45, 7) is 1.92. The average molecular weight is 398 g/mol. The third-order valence-corrected chi connectivity index (χ3v) is 6.43. The summed E-state index contributed by atoms with van der Waals surface area (Å²) >= 11 is 0. The topological polar surface area (TPSA) is 123 Å². The fourth-order valence-electron chi connectivity index (χ4n) is 5.01. The Morgan fingerprint density at radius 2 is 2.14 bits per heavy atom. The summed E-state index contributed by atoms with van der Waals surface area (Å²) < 4.78 is 10.9. The Balaban J connectivity index is 1.54. The maximum atomic E-state index is 13.5. The lowest BCUT2D eigenvalue weighted by Crippen LogP contribution is -2.54. The summed E-state index contributed by atoms with van der Waals surface area (Å²) in [5, 5.41) is 16.6. The Bertz CT molecular complexity index is 985. The molecule has 9 nitrogen and oxygen atoms in total. The predicted octanol–water partition coefficient (Wildman–Crippen LogP) is -0.197. The fraction of sp³-hybridized carbons (Fsp3) is 0.450. The van der Waals surface area contributed by atoms with Crippen LogP contribution in [0.5, 0.6) is 5.88 Å². The first-order valence-electron chi connectivity index (χ1n) is 9.49. The van der Waals surface area contributed by atoms with Crippen LogP contribution in [-0.2, 0) is 14.3 Å². The molecule has 5 rings (SSSR count). The highest BCUT2D eigenvalue weighted by atomic mass is 16.5. The Labute approximate surface area is 167 Å². The van der Waals surface area contributed by atoms with Crippen molar-refractivity contribution in [3.05, 3.63) is 40.9 Å². The number of nitrogens with one attached hydrogen (secondary N) is 2. The number of nitrogens with zero attached hydrogens (tertiary/aromatic N) is 2. The Morgan fingerprint density at radius 1 is 1.34 bits per heavy atom. The molecular weight excluding hydrogens is 376 g/mol. The molecule has 4 heterocycles. The summed E-state index contributed by atoms with van der Waals surface area (Å²) in [4.78, 5) is 32.8. The minimum atomic E-state index is -0.910. The van der Waals surface area contributed by atoms with Crippen molar-refractivity contribution < 1.29 is 24.2 Å². The predicted molar refractivity (Wildman–Crippen MR) is 102 cm³/mol. The molecule has 4 unspecified atom stereocenters. The Morgan fingerprint density at radius 3 is 2.76 bits per heavy atom. The van der Waals surface area contributed by atoms with E-state index >= 15 is 0 Å². The van der Waals surface area contributed by atoms with Crippen LogP contribution < -0.4 is 15.4 Å². The van der Waals surface area contributed by atoms with Crippen molar-refractivity contribution in [1.82, 2.24) is 15.2 Å². The van der Waals surface area contributed by atoms with Crippen LogP contribution in [-0.4, -0.2) is 71.7 Å². The van der Waals surface area contributed by atoms with Gasteiger partial charge in [-0.15, -0.1) is 0 Å². The van der Waals surface area contributed by atoms with E-state index in [9.17, 15) is 14.7 Å². The van der Waals surface area contributed by atoms with Crippen LogP contribution in [0.15, 0.2) is 40.9 Å². The molecule has 2 fully saturated rings. The maximum absolute atomic E-state index is 13.5. The molecule has 4 atom stereocenters. The summed E-state index contributed by atoms with van der Waals surface area (Å²) in [6.07, 6.45) is 1.53. The number of rotatable bonds is 5. The molecular formula is C20H22N4O5. The van der Waals surface area contributed by atoms with E-state index in [-0.39, 0.29) is 36.0 Å². The lowest BCUT2D eigenvalue weighted by Gasteiger charge is -2.39. The van der Waals surface area contributed by atoms with Crippen molar-refractivity contribution in [2.45, 2.75) is 24.7 Å². The molecule has 3 N–H and O–H groups in total. The van der Waals surface area contributed by atoms with E-state index in [0.29, 0.717) is 35.0 Å². The number of ketones is 2. The van der Waals surface area contributed by atoms with Gasteiger partial charge in [0.25, 0.3) is 0 Å². The van der Waals surface area contributed by atoms with E-state index in [1.54, 1.807) is 26.2 Å². The number of allylic oxidation sites excluding steroid dienone is 2. The number of aliphatic hydroxyl groups is 1. The van der Waals surface area contributed by atoms with Gasteiger partial charge in [-0.05, 0) is 13.0 Å². The van der Waals surface area contributed by atoms with Crippen molar-refractivity contribution in [2.75, 3.05) is 32.7 Å². The standard InChI is InChI=1S/C20H22N4O5/c1-9-15(22-10-4-5-13(28-2)21-6-10)18(27)14-11(8-25)20(29-3)19-12(23-19)7-24(20)16(14)17(9)26/h4-6,11-12,19,22-23,25H,7-8H2,1-3H3. The number of pyridine rings is 1. The summed E-state index contributed by atoms with van der Waals surface area (Å²) in [5.41, 5.74) is 0.873. The quantitative estimate of drug-likeness (QED) is 0.457. The molecule has 1 aromatic heterocycles. The third-order valence-electron chi connectivity index (χ3n) is 6.43. The second-order valence-electron chi connectivity index (χ2n) is 7.69. The van der Waals surface area contributed by atoms with Crippen LogP contribution in [0.4, 0.5) is 5.69 Å². The first kappa shape index (κ1) is 18.3. The number of ether oxygens (including phenoxy) is 2. The number of aromatic nitrogens is 1. The molecule has 0 bridgehead atoms. The highest BCUT2D eigenvalue weighted by Gasteiger charge is 2.72. The van der Waals surface area contributed by atoms with Gasteiger partial charge in [-0.3, -0.25) is 9.59 Å². The second-order valence-corrected chi connectivity index (χ2v) is 7.69. The summed E-state index contributed by atoms with van der Waals surface area (Å²) in [5.74, 6) is -0.678. The maximum Gasteiger partial charge on any atom is 0.213 e. The molecule has 29 heavy (non-hydrogen) atoms. The molecule has 1 aromatic rings. The molecule has 0 aromatic carbocycles. The Kier molecular flexibility index (Phi) is 3.86. The number of piperazine rings is 1. The number of aliphatic hydroxyl groups excluding tert-OH is 1.